The highest BCUT2D eigenvalue weighted by Gasteiger charge is 2.34. The van der Waals surface area contributed by atoms with Gasteiger partial charge in [0.05, 0.1) is 13.2 Å². The molecule has 0 spiro atoms. The molecule has 1 aliphatic heterocycles. The zero-order valence-corrected chi connectivity index (χ0v) is 14.6. The molecule has 0 aromatic heterocycles. The molecule has 5 nitrogen and oxygen atoms in total. The predicted octanol–water partition coefficient (Wildman–Crippen LogP) is 1.80. The van der Waals surface area contributed by atoms with Crippen LogP contribution in [0.1, 0.15) is 19.3 Å². The molecule has 0 aromatic rings. The van der Waals surface area contributed by atoms with Crippen molar-refractivity contribution < 1.29 is 17.9 Å². The van der Waals surface area contributed by atoms with Crippen molar-refractivity contribution in [2.75, 3.05) is 60.0 Å². The third-order valence-corrected chi connectivity index (χ3v) is 4.52. The lowest BCUT2D eigenvalue weighted by Gasteiger charge is -2.23. The van der Waals surface area contributed by atoms with E-state index in [4.69, 9.17) is 4.74 Å². The molecule has 1 saturated heterocycles. The molecule has 0 bridgehead atoms. The summed E-state index contributed by atoms with van der Waals surface area (Å²) in [6.07, 6.45) is -0.759. The minimum absolute atomic E-state index is 0.226. The Balaban J connectivity index is 1.61. The van der Waals surface area contributed by atoms with Gasteiger partial charge in [0.2, 0.25) is 0 Å². The highest BCUT2D eigenvalue weighted by Crippen LogP contribution is 2.28. The number of likely N-dealkylation sites (N-methyl/N-ethyl adjacent to an activating group) is 1. The van der Waals surface area contributed by atoms with Crippen molar-refractivity contribution >= 4 is 5.96 Å². The second-order valence-corrected chi connectivity index (χ2v) is 6.87. The molecule has 1 unspecified atom stereocenters. The SMILES string of the molecule is CN=C(NCC1CCN(CC(F)(F)F)C1)N(C)CCOCC1CC1. The smallest absolute Gasteiger partial charge is 0.379 e. The Bertz CT molecular complexity index is 413. The van der Waals surface area contributed by atoms with Crippen LogP contribution in [-0.4, -0.2) is 82.0 Å². The molecule has 2 aliphatic rings. The number of ether oxygens (including phenoxy) is 1. The zero-order chi connectivity index (χ0) is 17.6. The number of likely N-dealkylation sites (tertiary alicyclic amines) is 1. The molecule has 1 aliphatic carbocycles. The minimum atomic E-state index is -4.11. The zero-order valence-electron chi connectivity index (χ0n) is 14.6. The van der Waals surface area contributed by atoms with Gasteiger partial charge < -0.3 is 15.0 Å². The molecule has 0 amide bonds. The summed E-state index contributed by atoms with van der Waals surface area (Å²) < 4.78 is 42.9. The van der Waals surface area contributed by atoms with Crippen LogP contribution in [0.3, 0.4) is 0 Å². The van der Waals surface area contributed by atoms with Crippen LogP contribution in [0.25, 0.3) is 0 Å². The third-order valence-electron chi connectivity index (χ3n) is 4.52. The number of alkyl halides is 3. The van der Waals surface area contributed by atoms with Crippen LogP contribution in [0.2, 0.25) is 0 Å². The Labute approximate surface area is 142 Å². The fourth-order valence-electron chi connectivity index (χ4n) is 2.94. The van der Waals surface area contributed by atoms with E-state index in [1.165, 1.54) is 17.7 Å². The summed E-state index contributed by atoms with van der Waals surface area (Å²) in [5, 5.41) is 3.27. The fourth-order valence-corrected chi connectivity index (χ4v) is 2.94. The van der Waals surface area contributed by atoms with Crippen molar-refractivity contribution in [3.05, 3.63) is 0 Å². The van der Waals surface area contributed by atoms with E-state index in [1.807, 2.05) is 11.9 Å². The standard InChI is InChI=1S/C16H29F3N4O/c1-20-15(22(2)7-8-24-11-13-3-4-13)21-9-14-5-6-23(10-14)12-16(17,18)19/h13-14H,3-12H2,1-2H3,(H,20,21). The van der Waals surface area contributed by atoms with Gasteiger partial charge in [-0.15, -0.1) is 0 Å². The summed E-state index contributed by atoms with van der Waals surface area (Å²) >= 11 is 0. The average molecular weight is 350 g/mol. The van der Waals surface area contributed by atoms with Crippen LogP contribution in [0.4, 0.5) is 13.2 Å². The van der Waals surface area contributed by atoms with Gasteiger partial charge in [-0.3, -0.25) is 9.89 Å². The maximum Gasteiger partial charge on any atom is 0.401 e. The Hall–Kier alpha value is -1.02. The molecule has 0 aromatic carbocycles. The van der Waals surface area contributed by atoms with Crippen molar-refractivity contribution in [3.8, 4) is 0 Å². The molecule has 2 rings (SSSR count). The first-order valence-electron chi connectivity index (χ1n) is 8.66. The summed E-state index contributed by atoms with van der Waals surface area (Å²) in [5.41, 5.74) is 0. The summed E-state index contributed by atoms with van der Waals surface area (Å²) in [7, 11) is 3.66. The highest BCUT2D eigenvalue weighted by atomic mass is 19.4. The first-order chi connectivity index (χ1) is 11.4. The quantitative estimate of drug-likeness (QED) is 0.412. The molecule has 1 atom stereocenters. The van der Waals surface area contributed by atoms with Gasteiger partial charge in [0.15, 0.2) is 5.96 Å². The monoisotopic (exact) mass is 350 g/mol. The fraction of sp³-hybridized carbons (Fsp3) is 0.938. The van der Waals surface area contributed by atoms with Crippen molar-refractivity contribution in [3.63, 3.8) is 0 Å². The van der Waals surface area contributed by atoms with Gasteiger partial charge in [0.25, 0.3) is 0 Å². The van der Waals surface area contributed by atoms with E-state index in [9.17, 15) is 13.2 Å². The number of aliphatic imine (C=N–C) groups is 1. The average Bonchev–Trinajstić information content (AvgIpc) is 3.23. The van der Waals surface area contributed by atoms with Crippen molar-refractivity contribution in [2.45, 2.75) is 25.4 Å². The minimum Gasteiger partial charge on any atom is -0.379 e. The number of guanidine groups is 1. The van der Waals surface area contributed by atoms with Gasteiger partial charge in [-0.25, -0.2) is 0 Å². The van der Waals surface area contributed by atoms with E-state index in [-0.39, 0.29) is 5.92 Å². The lowest BCUT2D eigenvalue weighted by atomic mass is 10.1. The second kappa shape index (κ2) is 8.89. The summed E-state index contributed by atoms with van der Waals surface area (Å²) in [6.45, 7) is 3.09. The molecular weight excluding hydrogens is 321 g/mol. The first-order valence-corrected chi connectivity index (χ1v) is 8.66. The van der Waals surface area contributed by atoms with E-state index in [2.05, 4.69) is 10.3 Å². The van der Waals surface area contributed by atoms with Gasteiger partial charge in [-0.05, 0) is 37.6 Å². The van der Waals surface area contributed by atoms with E-state index >= 15 is 0 Å². The summed E-state index contributed by atoms with van der Waals surface area (Å²) in [5.74, 6) is 1.75. The van der Waals surface area contributed by atoms with Crippen molar-refractivity contribution in [1.29, 1.82) is 0 Å². The molecule has 140 valence electrons. The van der Waals surface area contributed by atoms with Gasteiger partial charge in [0, 0.05) is 40.3 Å². The number of rotatable bonds is 8. The van der Waals surface area contributed by atoms with Crippen LogP contribution >= 0.6 is 0 Å². The van der Waals surface area contributed by atoms with Crippen LogP contribution in [0.5, 0.6) is 0 Å². The number of halogens is 3. The number of nitrogens with one attached hydrogen (secondary N) is 1. The molecule has 1 saturated carbocycles. The van der Waals surface area contributed by atoms with Gasteiger partial charge in [-0.1, -0.05) is 0 Å². The Morgan fingerprint density at radius 3 is 2.67 bits per heavy atom. The van der Waals surface area contributed by atoms with Gasteiger partial charge >= 0.3 is 6.18 Å². The summed E-state index contributed by atoms with van der Waals surface area (Å²) in [6, 6.07) is 0. The summed E-state index contributed by atoms with van der Waals surface area (Å²) in [4.78, 5) is 7.71. The van der Waals surface area contributed by atoms with Crippen molar-refractivity contribution in [2.24, 2.45) is 16.8 Å². The van der Waals surface area contributed by atoms with Gasteiger partial charge in [0.1, 0.15) is 0 Å². The largest absolute Gasteiger partial charge is 0.401 e. The van der Waals surface area contributed by atoms with Crippen LogP contribution in [0.15, 0.2) is 4.99 Å². The van der Waals surface area contributed by atoms with E-state index in [1.54, 1.807) is 7.05 Å². The number of hydrogen-bond donors (Lipinski definition) is 1. The Morgan fingerprint density at radius 1 is 1.29 bits per heavy atom. The van der Waals surface area contributed by atoms with E-state index in [0.29, 0.717) is 26.2 Å². The normalized spacial score (nSPS) is 22.9. The topological polar surface area (TPSA) is 40.1 Å². The maximum absolute atomic E-state index is 12.4. The Morgan fingerprint density at radius 2 is 2.04 bits per heavy atom. The van der Waals surface area contributed by atoms with Crippen LogP contribution in [-0.2, 0) is 4.74 Å². The molecule has 8 heteroatoms. The third kappa shape index (κ3) is 7.25. The molecule has 2 fully saturated rings. The molecule has 1 N–H and O–H groups in total. The predicted molar refractivity (Wildman–Crippen MR) is 88.1 cm³/mol. The lowest BCUT2D eigenvalue weighted by Crippen LogP contribution is -2.43. The highest BCUT2D eigenvalue weighted by molar-refractivity contribution is 5.79. The first kappa shape index (κ1) is 19.3. The number of hydrogen-bond acceptors (Lipinski definition) is 3. The molecule has 0 radical (unpaired) electrons. The molecule has 1 heterocycles. The second-order valence-electron chi connectivity index (χ2n) is 6.87. The molecule has 24 heavy (non-hydrogen) atoms. The Kier molecular flexibility index (Phi) is 7.16. The number of nitrogens with zero attached hydrogens (tertiary/aromatic N) is 3. The van der Waals surface area contributed by atoms with E-state index < -0.39 is 12.7 Å². The van der Waals surface area contributed by atoms with Crippen molar-refractivity contribution in [1.82, 2.24) is 15.1 Å². The van der Waals surface area contributed by atoms with Crippen LogP contribution < -0.4 is 5.32 Å². The maximum atomic E-state index is 12.4. The van der Waals surface area contributed by atoms with Gasteiger partial charge in [-0.2, -0.15) is 13.2 Å². The van der Waals surface area contributed by atoms with E-state index in [0.717, 1.165) is 31.4 Å². The molecular formula is C16H29F3N4O. The lowest BCUT2D eigenvalue weighted by molar-refractivity contribution is -0.143. The van der Waals surface area contributed by atoms with Crippen LogP contribution in [0, 0.1) is 11.8 Å².